The number of rotatable bonds is 1. The molecule has 0 aromatic heterocycles. The van der Waals surface area contributed by atoms with Gasteiger partial charge in [0, 0.05) is 16.4 Å². The molecule has 1 aliphatic carbocycles. The van der Waals surface area contributed by atoms with Crippen molar-refractivity contribution < 1.29 is 9.59 Å². The van der Waals surface area contributed by atoms with Crippen LogP contribution in [0.1, 0.15) is 57.5 Å². The predicted molar refractivity (Wildman–Crippen MR) is 76.4 cm³/mol. The highest BCUT2D eigenvalue weighted by atomic mass is 16.2. The fourth-order valence-electron chi connectivity index (χ4n) is 3.19. The average Bonchev–Trinajstić information content (AvgIpc) is 2.48. The first kappa shape index (κ1) is 14.0. The molecule has 1 aromatic carbocycles. The van der Waals surface area contributed by atoms with E-state index in [4.69, 9.17) is 0 Å². The second-order valence-electron chi connectivity index (χ2n) is 7.20. The second-order valence-corrected chi connectivity index (χ2v) is 7.20. The monoisotopic (exact) mass is 258 g/mol. The molecule has 0 fully saturated rings. The molecule has 0 saturated heterocycles. The summed E-state index contributed by atoms with van der Waals surface area (Å²) in [6, 6.07) is 7.59. The third-order valence-corrected chi connectivity index (χ3v) is 4.68. The zero-order valence-electron chi connectivity index (χ0n) is 12.6. The number of carbonyl (C=O) groups excluding carboxylic acids is 2. The minimum absolute atomic E-state index is 0.0196. The van der Waals surface area contributed by atoms with Crippen LogP contribution in [0.2, 0.25) is 0 Å². The molecule has 1 aromatic rings. The molecule has 0 heterocycles. The molecular formula is C17H22O2. The highest BCUT2D eigenvalue weighted by Crippen LogP contribution is 2.53. The van der Waals surface area contributed by atoms with Crippen molar-refractivity contribution in [2.75, 3.05) is 0 Å². The summed E-state index contributed by atoms with van der Waals surface area (Å²) < 4.78 is 0. The molecule has 2 nitrogen and oxygen atoms in total. The molecule has 1 atom stereocenters. The van der Waals surface area contributed by atoms with Crippen molar-refractivity contribution in [3.05, 3.63) is 35.4 Å². The lowest BCUT2D eigenvalue weighted by Crippen LogP contribution is -2.50. The number of benzene rings is 1. The quantitative estimate of drug-likeness (QED) is 0.718. The fourth-order valence-corrected chi connectivity index (χ4v) is 3.19. The third kappa shape index (κ3) is 1.62. The Balaban J connectivity index is 2.69. The number of Topliss-reactive ketones (excluding diaryl/α,β-unsaturated/α-hetero) is 2. The molecule has 1 aliphatic rings. The molecule has 2 rings (SSSR count). The Morgan fingerprint density at radius 2 is 1.58 bits per heavy atom. The van der Waals surface area contributed by atoms with Crippen molar-refractivity contribution in [2.24, 2.45) is 10.8 Å². The van der Waals surface area contributed by atoms with Crippen molar-refractivity contribution >= 4 is 11.6 Å². The zero-order chi connectivity index (χ0) is 14.6. The van der Waals surface area contributed by atoms with Gasteiger partial charge in [-0.25, -0.2) is 0 Å². The van der Waals surface area contributed by atoms with Gasteiger partial charge in [-0.05, 0) is 12.5 Å². The highest BCUT2D eigenvalue weighted by Gasteiger charge is 2.61. The molecule has 0 spiro atoms. The first-order valence-corrected chi connectivity index (χ1v) is 6.74. The van der Waals surface area contributed by atoms with Crippen LogP contribution in [0.25, 0.3) is 0 Å². The number of fused-ring (bicyclic) bond motifs is 1. The van der Waals surface area contributed by atoms with E-state index in [0.29, 0.717) is 5.56 Å². The fraction of sp³-hybridized carbons (Fsp3) is 0.529. The van der Waals surface area contributed by atoms with Gasteiger partial charge in [0.1, 0.15) is 0 Å². The standard InChI is InChI=1S/C17H22O2/c1-15(2,3)14(19)17(6)13(18)11-9-7-8-10-12(11)16(17,4)5/h7-10H,1-6H3/t17-/m0/s1. The summed E-state index contributed by atoms with van der Waals surface area (Å²) in [4.78, 5) is 25.7. The topological polar surface area (TPSA) is 34.1 Å². The van der Waals surface area contributed by atoms with E-state index in [9.17, 15) is 9.59 Å². The van der Waals surface area contributed by atoms with Crippen molar-refractivity contribution in [3.63, 3.8) is 0 Å². The Bertz CT molecular complexity index is 561. The van der Waals surface area contributed by atoms with E-state index in [1.807, 2.05) is 65.8 Å². The van der Waals surface area contributed by atoms with Gasteiger partial charge in [0.05, 0.1) is 5.41 Å². The largest absolute Gasteiger partial charge is 0.298 e. The second kappa shape index (κ2) is 3.78. The first-order chi connectivity index (χ1) is 8.54. The van der Waals surface area contributed by atoms with Crippen LogP contribution in [-0.2, 0) is 10.2 Å². The van der Waals surface area contributed by atoms with Crippen molar-refractivity contribution in [3.8, 4) is 0 Å². The molecule has 0 bridgehead atoms. The van der Waals surface area contributed by atoms with Gasteiger partial charge >= 0.3 is 0 Å². The van der Waals surface area contributed by atoms with E-state index in [1.54, 1.807) is 0 Å². The zero-order valence-corrected chi connectivity index (χ0v) is 12.6. The Hall–Kier alpha value is -1.44. The van der Waals surface area contributed by atoms with Gasteiger partial charge in [-0.3, -0.25) is 9.59 Å². The Morgan fingerprint density at radius 3 is 2.05 bits per heavy atom. The average molecular weight is 258 g/mol. The summed E-state index contributed by atoms with van der Waals surface area (Å²) >= 11 is 0. The summed E-state index contributed by atoms with van der Waals surface area (Å²) in [6.45, 7) is 11.5. The third-order valence-electron chi connectivity index (χ3n) is 4.68. The van der Waals surface area contributed by atoms with Gasteiger partial charge in [-0.2, -0.15) is 0 Å². The molecular weight excluding hydrogens is 236 g/mol. The van der Waals surface area contributed by atoms with Crippen LogP contribution in [0.5, 0.6) is 0 Å². The van der Waals surface area contributed by atoms with Crippen LogP contribution in [0.15, 0.2) is 24.3 Å². The number of hydrogen-bond acceptors (Lipinski definition) is 2. The van der Waals surface area contributed by atoms with E-state index in [2.05, 4.69) is 0 Å². The van der Waals surface area contributed by atoms with Crippen LogP contribution in [0, 0.1) is 10.8 Å². The lowest BCUT2D eigenvalue weighted by molar-refractivity contribution is -0.135. The molecule has 2 heteroatoms. The van der Waals surface area contributed by atoms with Gasteiger partial charge in [0.15, 0.2) is 11.6 Å². The molecule has 0 saturated carbocycles. The summed E-state index contributed by atoms with van der Waals surface area (Å²) in [6.07, 6.45) is 0. The smallest absolute Gasteiger partial charge is 0.177 e. The molecule has 19 heavy (non-hydrogen) atoms. The van der Waals surface area contributed by atoms with E-state index in [-0.39, 0.29) is 11.6 Å². The number of hydrogen-bond donors (Lipinski definition) is 0. The lowest BCUT2D eigenvalue weighted by Gasteiger charge is -2.40. The normalized spacial score (nSPS) is 25.3. The Labute approximate surface area is 115 Å². The Morgan fingerprint density at radius 1 is 1.05 bits per heavy atom. The van der Waals surface area contributed by atoms with E-state index in [1.165, 1.54) is 0 Å². The van der Waals surface area contributed by atoms with E-state index in [0.717, 1.165) is 5.56 Å². The van der Waals surface area contributed by atoms with Gasteiger partial charge in [0.25, 0.3) is 0 Å². The first-order valence-electron chi connectivity index (χ1n) is 6.74. The summed E-state index contributed by atoms with van der Waals surface area (Å²) in [7, 11) is 0. The van der Waals surface area contributed by atoms with E-state index < -0.39 is 16.2 Å². The molecule has 0 aliphatic heterocycles. The molecule has 0 radical (unpaired) electrons. The summed E-state index contributed by atoms with van der Waals surface area (Å²) in [5.41, 5.74) is -0.281. The van der Waals surface area contributed by atoms with Crippen LogP contribution in [0.4, 0.5) is 0 Å². The molecule has 0 amide bonds. The van der Waals surface area contributed by atoms with E-state index >= 15 is 0 Å². The molecule has 0 N–H and O–H groups in total. The van der Waals surface area contributed by atoms with Gasteiger partial charge in [-0.1, -0.05) is 58.9 Å². The number of ketones is 2. The van der Waals surface area contributed by atoms with Crippen LogP contribution in [-0.4, -0.2) is 11.6 Å². The van der Waals surface area contributed by atoms with Crippen LogP contribution in [0.3, 0.4) is 0 Å². The number of carbonyl (C=O) groups is 2. The summed E-state index contributed by atoms with van der Waals surface area (Å²) in [5, 5.41) is 0. The summed E-state index contributed by atoms with van der Waals surface area (Å²) in [5.74, 6) is -0.0146. The van der Waals surface area contributed by atoms with Crippen molar-refractivity contribution in [2.45, 2.75) is 47.0 Å². The van der Waals surface area contributed by atoms with Crippen molar-refractivity contribution in [1.29, 1.82) is 0 Å². The maximum absolute atomic E-state index is 12.9. The van der Waals surface area contributed by atoms with Gasteiger partial charge in [0.2, 0.25) is 0 Å². The molecule has 0 unspecified atom stereocenters. The van der Waals surface area contributed by atoms with Crippen molar-refractivity contribution in [1.82, 2.24) is 0 Å². The van der Waals surface area contributed by atoms with Crippen LogP contribution < -0.4 is 0 Å². The maximum atomic E-state index is 12.9. The van der Waals surface area contributed by atoms with Gasteiger partial charge < -0.3 is 0 Å². The SMILES string of the molecule is CC(C)(C)C(=O)[C@]1(C)C(=O)c2ccccc2C1(C)C. The Kier molecular flexibility index (Phi) is 2.78. The van der Waals surface area contributed by atoms with Gasteiger partial charge in [-0.15, -0.1) is 0 Å². The predicted octanol–water partition coefficient (Wildman–Crippen LogP) is 3.78. The minimum Gasteiger partial charge on any atom is -0.298 e. The minimum atomic E-state index is -0.977. The molecule has 102 valence electrons. The van der Waals surface area contributed by atoms with Crippen LogP contribution >= 0.6 is 0 Å². The highest BCUT2D eigenvalue weighted by molar-refractivity contribution is 6.20. The lowest BCUT2D eigenvalue weighted by atomic mass is 9.60. The maximum Gasteiger partial charge on any atom is 0.177 e.